The van der Waals surface area contributed by atoms with Crippen LogP contribution in [0, 0.1) is 0 Å². The van der Waals surface area contributed by atoms with E-state index in [1.165, 1.54) is 49.8 Å². The van der Waals surface area contributed by atoms with Crippen molar-refractivity contribution in [2.75, 3.05) is 33.2 Å². The molecular weight excluding hydrogens is 456 g/mol. The van der Waals surface area contributed by atoms with Crippen LogP contribution in [0.4, 0.5) is 0 Å². The minimum atomic E-state index is -1.05. The van der Waals surface area contributed by atoms with E-state index < -0.39 is 5.54 Å². The Hall–Kier alpha value is -2.42. The number of aromatic nitrogens is 2. The summed E-state index contributed by atoms with van der Waals surface area (Å²) in [5.74, 6) is -0.535. The molecule has 2 saturated carbocycles. The number of hydrogen-bond acceptors (Lipinski definition) is 5. The Balaban J connectivity index is 1.25. The van der Waals surface area contributed by atoms with E-state index in [9.17, 15) is 14.4 Å². The van der Waals surface area contributed by atoms with E-state index in [0.29, 0.717) is 30.5 Å². The summed E-state index contributed by atoms with van der Waals surface area (Å²) in [6, 6.07) is 2.42. The van der Waals surface area contributed by atoms with E-state index in [1.54, 1.807) is 24.7 Å². The Morgan fingerprint density at radius 3 is 2.22 bits per heavy atom. The molecule has 0 spiro atoms. The maximum absolute atomic E-state index is 13.4. The number of carbonyl (C=O) groups excluding carboxylic acids is 3. The lowest BCUT2D eigenvalue weighted by Crippen LogP contribution is -2.63. The highest BCUT2D eigenvalue weighted by molar-refractivity contribution is 6.01. The van der Waals surface area contributed by atoms with Crippen molar-refractivity contribution < 1.29 is 14.4 Å². The van der Waals surface area contributed by atoms with Gasteiger partial charge in [0.15, 0.2) is 5.69 Å². The molecule has 2 aliphatic carbocycles. The molecule has 1 atom stereocenters. The first-order chi connectivity index (χ1) is 17.4. The minimum Gasteiger partial charge on any atom is -0.351 e. The second-order valence-corrected chi connectivity index (χ2v) is 11.5. The second kappa shape index (κ2) is 10.5. The first kappa shape index (κ1) is 25.2. The lowest BCUT2D eigenvalue weighted by Gasteiger charge is -2.41. The third-order valence-corrected chi connectivity index (χ3v) is 9.09. The van der Waals surface area contributed by atoms with Gasteiger partial charge in [0, 0.05) is 51.4 Å². The number of nitrogens with zero attached hydrogens (tertiary/aromatic N) is 5. The van der Waals surface area contributed by atoms with Gasteiger partial charge in [0.2, 0.25) is 5.91 Å². The van der Waals surface area contributed by atoms with Gasteiger partial charge in [-0.2, -0.15) is 5.10 Å². The molecule has 3 fully saturated rings. The Bertz CT molecular complexity index is 970. The van der Waals surface area contributed by atoms with E-state index in [2.05, 4.69) is 15.3 Å². The Morgan fingerprint density at radius 1 is 0.944 bits per heavy atom. The fourth-order valence-corrected chi connectivity index (χ4v) is 6.49. The summed E-state index contributed by atoms with van der Waals surface area (Å²) in [5, 5.41) is 7.75. The molecule has 4 aliphatic rings. The van der Waals surface area contributed by atoms with Gasteiger partial charge in [-0.05, 0) is 32.6 Å². The van der Waals surface area contributed by atoms with Crippen molar-refractivity contribution in [2.45, 2.75) is 102 Å². The Morgan fingerprint density at radius 2 is 1.56 bits per heavy atom. The number of fused-ring (bicyclic) bond motifs is 1. The van der Waals surface area contributed by atoms with Crippen molar-refractivity contribution in [3.05, 3.63) is 17.5 Å². The first-order valence-corrected chi connectivity index (χ1v) is 14.1. The summed E-state index contributed by atoms with van der Waals surface area (Å²) in [6.45, 7) is 5.20. The molecule has 1 aromatic heterocycles. The number of rotatable bonds is 4. The summed E-state index contributed by atoms with van der Waals surface area (Å²) in [5.41, 5.74) is -0.373. The van der Waals surface area contributed by atoms with Crippen LogP contribution < -0.4 is 5.32 Å². The van der Waals surface area contributed by atoms with Crippen LogP contribution in [-0.2, 0) is 11.3 Å². The maximum Gasteiger partial charge on any atom is 0.274 e. The number of nitrogens with one attached hydrogen (secondary N) is 1. The second-order valence-electron chi connectivity index (χ2n) is 11.5. The van der Waals surface area contributed by atoms with Gasteiger partial charge < -0.3 is 15.1 Å². The zero-order valence-corrected chi connectivity index (χ0v) is 22.0. The predicted molar refractivity (Wildman–Crippen MR) is 137 cm³/mol. The van der Waals surface area contributed by atoms with Gasteiger partial charge in [-0.25, -0.2) is 0 Å². The van der Waals surface area contributed by atoms with E-state index in [4.69, 9.17) is 0 Å². The largest absolute Gasteiger partial charge is 0.351 e. The molecule has 9 heteroatoms. The van der Waals surface area contributed by atoms with E-state index in [1.807, 2.05) is 4.90 Å². The molecule has 3 amide bonds. The van der Waals surface area contributed by atoms with Gasteiger partial charge in [-0.3, -0.25) is 24.0 Å². The SMILES string of the molecule is CN1C(=O)c2cc(C(=O)N3CCN(C4CCCCC4)CC3)nn2CC1(C)C(=O)NC1CCCCCC1. The van der Waals surface area contributed by atoms with Crippen molar-refractivity contribution in [1.29, 1.82) is 0 Å². The van der Waals surface area contributed by atoms with Crippen LogP contribution in [0.5, 0.6) is 0 Å². The van der Waals surface area contributed by atoms with Gasteiger partial charge in [0.1, 0.15) is 11.2 Å². The molecule has 3 heterocycles. The van der Waals surface area contributed by atoms with E-state index in [0.717, 1.165) is 38.8 Å². The van der Waals surface area contributed by atoms with Crippen LogP contribution in [0.1, 0.15) is 98.5 Å². The van der Waals surface area contributed by atoms with Crippen molar-refractivity contribution in [2.24, 2.45) is 0 Å². The third-order valence-electron chi connectivity index (χ3n) is 9.09. The van der Waals surface area contributed by atoms with Gasteiger partial charge in [0.05, 0.1) is 6.54 Å². The average molecular weight is 499 g/mol. The average Bonchev–Trinajstić information content (AvgIpc) is 3.15. The predicted octanol–water partition coefficient (Wildman–Crippen LogP) is 2.66. The molecule has 1 saturated heterocycles. The molecule has 9 nitrogen and oxygen atoms in total. The number of hydrogen-bond donors (Lipinski definition) is 1. The van der Waals surface area contributed by atoms with Crippen LogP contribution in [0.15, 0.2) is 6.07 Å². The van der Waals surface area contributed by atoms with Gasteiger partial charge in [0.25, 0.3) is 11.8 Å². The third kappa shape index (κ3) is 4.91. The molecular formula is C27H42N6O3. The molecule has 0 bridgehead atoms. The molecule has 1 unspecified atom stereocenters. The molecule has 1 N–H and O–H groups in total. The molecule has 198 valence electrons. The molecule has 2 aliphatic heterocycles. The zero-order valence-electron chi connectivity index (χ0n) is 22.0. The monoisotopic (exact) mass is 498 g/mol. The van der Waals surface area contributed by atoms with E-state index in [-0.39, 0.29) is 30.3 Å². The quantitative estimate of drug-likeness (QED) is 0.645. The molecule has 0 aromatic carbocycles. The lowest BCUT2D eigenvalue weighted by molar-refractivity contribution is -0.133. The lowest BCUT2D eigenvalue weighted by atomic mass is 9.94. The summed E-state index contributed by atoms with van der Waals surface area (Å²) in [6.07, 6.45) is 13.1. The van der Waals surface area contributed by atoms with Crippen molar-refractivity contribution in [3.63, 3.8) is 0 Å². The van der Waals surface area contributed by atoms with Gasteiger partial charge in [-0.15, -0.1) is 0 Å². The number of piperazine rings is 1. The van der Waals surface area contributed by atoms with Crippen molar-refractivity contribution in [1.82, 2.24) is 29.8 Å². The van der Waals surface area contributed by atoms with E-state index >= 15 is 0 Å². The standard InChI is InChI=1S/C27H42N6O3/c1-27(26(36)28-20-10-6-3-4-7-11-20)19-33-23(25(35)30(27)2)18-22(29-33)24(34)32-16-14-31(15-17-32)21-12-8-5-9-13-21/h18,20-21H,3-17,19H2,1-2H3,(H,28,36). The normalized spacial score (nSPS) is 27.0. The molecule has 0 radical (unpaired) electrons. The Kier molecular flexibility index (Phi) is 7.37. The van der Waals surface area contributed by atoms with Crippen LogP contribution >= 0.6 is 0 Å². The highest BCUT2D eigenvalue weighted by Gasteiger charge is 2.47. The maximum atomic E-state index is 13.4. The number of carbonyl (C=O) groups is 3. The Labute approximate surface area is 214 Å². The first-order valence-electron chi connectivity index (χ1n) is 14.1. The fourth-order valence-electron chi connectivity index (χ4n) is 6.49. The summed E-state index contributed by atoms with van der Waals surface area (Å²) < 4.78 is 1.57. The van der Waals surface area contributed by atoms with Crippen molar-refractivity contribution >= 4 is 17.7 Å². The summed E-state index contributed by atoms with van der Waals surface area (Å²) >= 11 is 0. The topological polar surface area (TPSA) is 90.8 Å². The van der Waals surface area contributed by atoms with Crippen LogP contribution in [-0.4, -0.2) is 93.1 Å². The summed E-state index contributed by atoms with van der Waals surface area (Å²) in [7, 11) is 1.68. The van der Waals surface area contributed by atoms with Gasteiger partial charge >= 0.3 is 0 Å². The highest BCUT2D eigenvalue weighted by Crippen LogP contribution is 2.28. The number of amides is 3. The van der Waals surface area contributed by atoms with Crippen molar-refractivity contribution in [3.8, 4) is 0 Å². The smallest absolute Gasteiger partial charge is 0.274 e. The molecule has 1 aromatic rings. The van der Waals surface area contributed by atoms with Crippen LogP contribution in [0.3, 0.4) is 0 Å². The zero-order chi connectivity index (χ0) is 25.3. The molecule has 36 heavy (non-hydrogen) atoms. The number of likely N-dealkylation sites (N-methyl/N-ethyl adjacent to an activating group) is 1. The fraction of sp³-hybridized carbons (Fsp3) is 0.778. The van der Waals surface area contributed by atoms with Crippen LogP contribution in [0.25, 0.3) is 0 Å². The minimum absolute atomic E-state index is 0.125. The van der Waals surface area contributed by atoms with Crippen LogP contribution in [0.2, 0.25) is 0 Å². The molecule has 5 rings (SSSR count). The summed E-state index contributed by atoms with van der Waals surface area (Å²) in [4.78, 5) is 45.9. The highest BCUT2D eigenvalue weighted by atomic mass is 16.2. The van der Waals surface area contributed by atoms with Gasteiger partial charge in [-0.1, -0.05) is 44.9 Å².